The summed E-state index contributed by atoms with van der Waals surface area (Å²) in [7, 11) is 0. The van der Waals surface area contributed by atoms with E-state index in [9.17, 15) is 22.8 Å². The molecule has 0 unspecified atom stereocenters. The van der Waals surface area contributed by atoms with Crippen molar-refractivity contribution in [3.63, 3.8) is 0 Å². The molecule has 1 N–H and O–H groups in total. The number of amides is 1. The minimum Gasteiger partial charge on any atom is -0.350 e. The number of aromatic nitrogens is 4. The molecule has 7 nitrogen and oxygen atoms in total. The zero-order valence-corrected chi connectivity index (χ0v) is 16.7. The summed E-state index contributed by atoms with van der Waals surface area (Å²) in [4.78, 5) is 29.3. The molecule has 1 amide bonds. The molecule has 2 aromatic carbocycles. The molecular formula is C22H18F3N5O2. The Morgan fingerprint density at radius 3 is 2.50 bits per heavy atom. The first-order valence-corrected chi connectivity index (χ1v) is 9.74. The van der Waals surface area contributed by atoms with Gasteiger partial charge in [-0.1, -0.05) is 42.5 Å². The minimum atomic E-state index is -4.63. The summed E-state index contributed by atoms with van der Waals surface area (Å²) in [6, 6.07) is 14.0. The Morgan fingerprint density at radius 1 is 1.03 bits per heavy atom. The van der Waals surface area contributed by atoms with Gasteiger partial charge in [0.25, 0.3) is 11.5 Å². The quantitative estimate of drug-likeness (QED) is 0.499. The molecule has 0 saturated carbocycles. The number of halogens is 3. The van der Waals surface area contributed by atoms with Crippen molar-refractivity contribution >= 4 is 16.9 Å². The molecule has 32 heavy (non-hydrogen) atoms. The third kappa shape index (κ3) is 4.39. The Bertz CT molecular complexity index is 1310. The lowest BCUT2D eigenvalue weighted by Crippen LogP contribution is -2.29. The fraction of sp³-hybridized carbons (Fsp3) is 0.182. The third-order valence-corrected chi connectivity index (χ3v) is 4.90. The zero-order chi connectivity index (χ0) is 22.7. The monoisotopic (exact) mass is 441 g/mol. The molecule has 10 heteroatoms. The highest BCUT2D eigenvalue weighted by molar-refractivity contribution is 5.95. The van der Waals surface area contributed by atoms with Gasteiger partial charge in [0.05, 0.1) is 30.4 Å². The molecule has 0 atom stereocenters. The van der Waals surface area contributed by atoms with Crippen LogP contribution in [0.2, 0.25) is 0 Å². The molecule has 0 aliphatic heterocycles. The van der Waals surface area contributed by atoms with Crippen LogP contribution in [0.4, 0.5) is 13.2 Å². The normalized spacial score (nSPS) is 11.6. The predicted octanol–water partition coefficient (Wildman–Crippen LogP) is 3.09. The van der Waals surface area contributed by atoms with Gasteiger partial charge in [0.15, 0.2) is 5.65 Å². The van der Waals surface area contributed by atoms with E-state index in [4.69, 9.17) is 0 Å². The van der Waals surface area contributed by atoms with Crippen LogP contribution in [0.15, 0.2) is 71.9 Å². The van der Waals surface area contributed by atoms with Gasteiger partial charge in [0.2, 0.25) is 0 Å². The van der Waals surface area contributed by atoms with Gasteiger partial charge in [-0.15, -0.1) is 0 Å². The van der Waals surface area contributed by atoms with Gasteiger partial charge < -0.3 is 5.32 Å². The summed E-state index contributed by atoms with van der Waals surface area (Å²) >= 11 is 0. The van der Waals surface area contributed by atoms with Crippen LogP contribution >= 0.6 is 0 Å². The third-order valence-electron chi connectivity index (χ3n) is 4.90. The number of hydrogen-bond acceptors (Lipinski definition) is 4. The van der Waals surface area contributed by atoms with Gasteiger partial charge in [-0.05, 0) is 17.7 Å². The molecule has 0 spiro atoms. The van der Waals surface area contributed by atoms with Crippen molar-refractivity contribution in [1.82, 2.24) is 24.6 Å². The van der Waals surface area contributed by atoms with Gasteiger partial charge in [0.1, 0.15) is 11.7 Å². The Morgan fingerprint density at radius 2 is 1.75 bits per heavy atom. The van der Waals surface area contributed by atoms with Crippen LogP contribution < -0.4 is 10.9 Å². The van der Waals surface area contributed by atoms with Crippen LogP contribution in [-0.2, 0) is 19.3 Å². The maximum Gasteiger partial charge on any atom is 0.417 e. The molecule has 0 radical (unpaired) electrons. The molecule has 4 rings (SSSR count). The molecule has 0 aliphatic carbocycles. The first-order valence-electron chi connectivity index (χ1n) is 9.74. The van der Waals surface area contributed by atoms with Crippen LogP contribution in [0.25, 0.3) is 11.0 Å². The van der Waals surface area contributed by atoms with E-state index in [1.807, 2.05) is 30.3 Å². The van der Waals surface area contributed by atoms with Gasteiger partial charge in [-0.25, -0.2) is 9.67 Å². The Hall–Kier alpha value is -3.95. The van der Waals surface area contributed by atoms with Gasteiger partial charge in [-0.2, -0.15) is 18.3 Å². The number of nitrogens with one attached hydrogen (secondary N) is 1. The lowest BCUT2D eigenvalue weighted by Gasteiger charge is -2.12. The number of hydrogen-bond donors (Lipinski definition) is 1. The summed E-state index contributed by atoms with van der Waals surface area (Å²) in [6.45, 7) is 0.512. The van der Waals surface area contributed by atoms with E-state index in [1.165, 1.54) is 33.9 Å². The van der Waals surface area contributed by atoms with E-state index >= 15 is 0 Å². The van der Waals surface area contributed by atoms with E-state index in [2.05, 4.69) is 15.4 Å². The van der Waals surface area contributed by atoms with E-state index in [1.54, 1.807) is 0 Å². The molecule has 164 valence electrons. The number of carbonyl (C=O) groups is 1. The van der Waals surface area contributed by atoms with Crippen molar-refractivity contribution in [2.75, 3.05) is 6.54 Å². The summed E-state index contributed by atoms with van der Waals surface area (Å²) in [6.07, 6.45) is -1.81. The highest BCUT2D eigenvalue weighted by Crippen LogP contribution is 2.31. The van der Waals surface area contributed by atoms with Crippen LogP contribution in [-0.4, -0.2) is 31.8 Å². The van der Waals surface area contributed by atoms with Gasteiger partial charge in [0, 0.05) is 6.54 Å². The Kier molecular flexibility index (Phi) is 5.76. The summed E-state index contributed by atoms with van der Waals surface area (Å²) < 4.78 is 42.2. The largest absolute Gasteiger partial charge is 0.417 e. The number of rotatable bonds is 6. The lowest BCUT2D eigenvalue weighted by atomic mass is 10.1. The van der Waals surface area contributed by atoms with Crippen LogP contribution in [0, 0.1) is 0 Å². The van der Waals surface area contributed by atoms with Crippen molar-refractivity contribution in [3.8, 4) is 0 Å². The van der Waals surface area contributed by atoms with Crippen molar-refractivity contribution in [2.45, 2.75) is 19.3 Å². The number of carbonyl (C=O) groups excluding carboxylic acids is 1. The maximum absolute atomic E-state index is 13.1. The fourth-order valence-corrected chi connectivity index (χ4v) is 3.35. The average Bonchev–Trinajstić information content (AvgIpc) is 3.19. The number of alkyl halides is 3. The number of fused-ring (bicyclic) bond motifs is 1. The van der Waals surface area contributed by atoms with Crippen molar-refractivity contribution in [2.24, 2.45) is 0 Å². The summed E-state index contributed by atoms with van der Waals surface area (Å²) in [5.74, 6) is -0.840. The number of nitrogens with zero attached hydrogens (tertiary/aromatic N) is 4. The predicted molar refractivity (Wildman–Crippen MR) is 111 cm³/mol. The second-order valence-corrected chi connectivity index (χ2v) is 7.07. The van der Waals surface area contributed by atoms with Gasteiger partial charge in [-0.3, -0.25) is 14.2 Å². The summed E-state index contributed by atoms with van der Waals surface area (Å²) in [5, 5.41) is 6.92. The SMILES string of the molecule is O=C(NCCn1ncc2c(=O)n(Cc3ccccc3)cnc21)c1ccccc1C(F)(F)F. The van der Waals surface area contributed by atoms with Crippen molar-refractivity contribution < 1.29 is 18.0 Å². The van der Waals surface area contributed by atoms with Crippen LogP contribution in [0.5, 0.6) is 0 Å². The minimum absolute atomic E-state index is 0.0105. The molecule has 4 aromatic rings. The molecule has 2 aromatic heterocycles. The molecule has 2 heterocycles. The first kappa shape index (κ1) is 21.3. The second-order valence-electron chi connectivity index (χ2n) is 7.07. The molecule has 0 aliphatic rings. The molecule has 0 fully saturated rings. The van der Waals surface area contributed by atoms with Crippen molar-refractivity contribution in [3.05, 3.63) is 94.2 Å². The molecular weight excluding hydrogens is 423 g/mol. The summed E-state index contributed by atoms with van der Waals surface area (Å²) in [5.41, 5.74) is -0.419. The average molecular weight is 441 g/mol. The van der Waals surface area contributed by atoms with E-state index in [0.29, 0.717) is 17.6 Å². The highest BCUT2D eigenvalue weighted by atomic mass is 19.4. The fourth-order valence-electron chi connectivity index (χ4n) is 3.35. The Balaban J connectivity index is 1.46. The smallest absolute Gasteiger partial charge is 0.350 e. The number of benzene rings is 2. The molecule has 0 bridgehead atoms. The maximum atomic E-state index is 13.1. The van der Waals surface area contributed by atoms with E-state index in [0.717, 1.165) is 17.7 Å². The van der Waals surface area contributed by atoms with Crippen LogP contribution in [0.3, 0.4) is 0 Å². The zero-order valence-electron chi connectivity index (χ0n) is 16.7. The topological polar surface area (TPSA) is 81.8 Å². The van der Waals surface area contributed by atoms with E-state index < -0.39 is 23.2 Å². The Labute approximate surface area is 180 Å². The second kappa shape index (κ2) is 8.66. The highest BCUT2D eigenvalue weighted by Gasteiger charge is 2.34. The lowest BCUT2D eigenvalue weighted by molar-refractivity contribution is -0.137. The van der Waals surface area contributed by atoms with Crippen LogP contribution in [0.1, 0.15) is 21.5 Å². The van der Waals surface area contributed by atoms with E-state index in [-0.39, 0.29) is 18.6 Å². The van der Waals surface area contributed by atoms with Gasteiger partial charge >= 0.3 is 6.18 Å². The van der Waals surface area contributed by atoms with Crippen molar-refractivity contribution in [1.29, 1.82) is 0 Å². The first-order chi connectivity index (χ1) is 15.3. The molecule has 0 saturated heterocycles. The standard InChI is InChI=1S/C22H18F3N5O2/c23-22(24,25)18-9-5-4-8-16(18)20(31)26-10-11-30-19-17(12-28-30)21(32)29(14-27-19)13-15-6-2-1-3-7-15/h1-9,12,14H,10-11,13H2,(H,26,31).